The topological polar surface area (TPSA) is 92.8 Å². The molecule has 0 bridgehead atoms. The first-order valence-electron chi connectivity index (χ1n) is 4.98. The predicted octanol–water partition coefficient (Wildman–Crippen LogP) is 0.501. The number of hydrogen-bond donors (Lipinski definition) is 3. The fraction of sp³-hybridized carbons (Fsp3) is 0.364. The molecule has 0 radical (unpaired) electrons. The van der Waals surface area contributed by atoms with E-state index in [-0.39, 0.29) is 12.4 Å². The van der Waals surface area contributed by atoms with Crippen molar-refractivity contribution in [2.45, 2.75) is 11.0 Å². The molecule has 5 nitrogen and oxygen atoms in total. The molecule has 0 amide bonds. The number of esters is 1. The van der Waals surface area contributed by atoms with Gasteiger partial charge in [-0.2, -0.15) is 0 Å². The number of anilines is 1. The quantitative estimate of drug-likeness (QED) is 0.404. The minimum absolute atomic E-state index is 0.259. The third-order valence-corrected chi connectivity index (χ3v) is 3.38. The maximum Gasteiger partial charge on any atom is 0.339 e. The zero-order chi connectivity index (χ0) is 12.8. The lowest BCUT2D eigenvalue weighted by Crippen LogP contribution is -2.15. The van der Waals surface area contributed by atoms with Crippen molar-refractivity contribution in [3.63, 3.8) is 0 Å². The summed E-state index contributed by atoms with van der Waals surface area (Å²) in [5.74, 6) is -0.215. The normalized spacial score (nSPS) is 12.2. The number of carbonyl (C=O) groups excluding carboxylic acids is 1. The summed E-state index contributed by atoms with van der Waals surface area (Å²) in [7, 11) is 1.29. The molecule has 0 spiro atoms. The van der Waals surface area contributed by atoms with Gasteiger partial charge < -0.3 is 20.7 Å². The fourth-order valence-corrected chi connectivity index (χ4v) is 2.22. The SMILES string of the molecule is COC(=O)c1cccc(N)c1SCC(O)CO. The van der Waals surface area contributed by atoms with Crippen molar-refractivity contribution in [1.82, 2.24) is 0 Å². The average Bonchev–Trinajstić information content (AvgIpc) is 2.35. The van der Waals surface area contributed by atoms with Gasteiger partial charge in [0, 0.05) is 16.3 Å². The van der Waals surface area contributed by atoms with Gasteiger partial charge in [0.25, 0.3) is 0 Å². The molecule has 1 atom stereocenters. The lowest BCUT2D eigenvalue weighted by atomic mass is 10.2. The van der Waals surface area contributed by atoms with Crippen LogP contribution >= 0.6 is 11.8 Å². The van der Waals surface area contributed by atoms with Gasteiger partial charge in [0.15, 0.2) is 0 Å². The lowest BCUT2D eigenvalue weighted by Gasteiger charge is -2.12. The first kappa shape index (κ1) is 13.8. The lowest BCUT2D eigenvalue weighted by molar-refractivity contribution is 0.0597. The van der Waals surface area contributed by atoms with Crippen molar-refractivity contribution in [3.05, 3.63) is 23.8 Å². The van der Waals surface area contributed by atoms with Crippen LogP contribution in [0.4, 0.5) is 5.69 Å². The zero-order valence-electron chi connectivity index (χ0n) is 9.42. The zero-order valence-corrected chi connectivity index (χ0v) is 10.2. The summed E-state index contributed by atoms with van der Waals surface area (Å²) in [6.07, 6.45) is -0.842. The van der Waals surface area contributed by atoms with E-state index in [1.165, 1.54) is 18.9 Å². The van der Waals surface area contributed by atoms with Crippen LogP contribution in [-0.4, -0.2) is 41.8 Å². The Labute approximate surface area is 104 Å². The highest BCUT2D eigenvalue weighted by atomic mass is 32.2. The molecule has 0 saturated carbocycles. The molecule has 0 saturated heterocycles. The standard InChI is InChI=1S/C11H15NO4S/c1-16-11(15)8-3-2-4-9(12)10(8)17-6-7(14)5-13/h2-4,7,13-14H,5-6,12H2,1H3. The molecule has 1 unspecified atom stereocenters. The van der Waals surface area contributed by atoms with Crippen molar-refractivity contribution in [1.29, 1.82) is 0 Å². The van der Waals surface area contributed by atoms with E-state index < -0.39 is 12.1 Å². The number of rotatable bonds is 5. The second-order valence-corrected chi connectivity index (χ2v) is 4.39. The fourth-order valence-electron chi connectivity index (χ4n) is 1.22. The van der Waals surface area contributed by atoms with Gasteiger partial charge >= 0.3 is 5.97 Å². The van der Waals surface area contributed by atoms with Gasteiger partial charge in [-0.3, -0.25) is 0 Å². The average molecular weight is 257 g/mol. The Morgan fingerprint density at radius 1 is 1.59 bits per heavy atom. The van der Waals surface area contributed by atoms with E-state index in [4.69, 9.17) is 10.8 Å². The molecule has 0 aliphatic heterocycles. The van der Waals surface area contributed by atoms with Crippen LogP contribution in [0.2, 0.25) is 0 Å². The maximum atomic E-state index is 11.5. The predicted molar refractivity (Wildman–Crippen MR) is 66.0 cm³/mol. The van der Waals surface area contributed by atoms with Gasteiger partial charge in [0.05, 0.1) is 25.4 Å². The summed E-state index contributed by atoms with van der Waals surface area (Å²) in [5, 5.41) is 18.0. The Morgan fingerprint density at radius 3 is 2.88 bits per heavy atom. The van der Waals surface area contributed by atoms with E-state index in [2.05, 4.69) is 4.74 Å². The number of aliphatic hydroxyl groups is 2. The minimum atomic E-state index is -0.842. The molecule has 1 rings (SSSR count). The highest BCUT2D eigenvalue weighted by molar-refractivity contribution is 7.99. The van der Waals surface area contributed by atoms with Crippen molar-refractivity contribution in [3.8, 4) is 0 Å². The Morgan fingerprint density at radius 2 is 2.29 bits per heavy atom. The molecular weight excluding hydrogens is 242 g/mol. The largest absolute Gasteiger partial charge is 0.465 e. The Kier molecular flexibility index (Phi) is 5.27. The Balaban J connectivity index is 2.92. The smallest absolute Gasteiger partial charge is 0.339 e. The van der Waals surface area contributed by atoms with Crippen LogP contribution in [-0.2, 0) is 4.74 Å². The molecule has 0 aromatic heterocycles. The van der Waals surface area contributed by atoms with Gasteiger partial charge in [0.1, 0.15) is 0 Å². The molecule has 1 aromatic rings. The van der Waals surface area contributed by atoms with Gasteiger partial charge in [0.2, 0.25) is 0 Å². The first-order valence-corrected chi connectivity index (χ1v) is 5.97. The molecule has 0 fully saturated rings. The van der Waals surface area contributed by atoms with Crippen molar-refractivity contribution < 1.29 is 19.7 Å². The number of ether oxygens (including phenoxy) is 1. The van der Waals surface area contributed by atoms with Crippen molar-refractivity contribution in [2.75, 3.05) is 25.2 Å². The van der Waals surface area contributed by atoms with Crippen LogP contribution in [0.15, 0.2) is 23.1 Å². The highest BCUT2D eigenvalue weighted by Crippen LogP contribution is 2.29. The number of thioether (sulfide) groups is 1. The second kappa shape index (κ2) is 6.48. The summed E-state index contributed by atoms with van der Waals surface area (Å²) in [6, 6.07) is 4.93. The molecule has 0 aliphatic carbocycles. The van der Waals surface area contributed by atoms with Crippen LogP contribution in [0.5, 0.6) is 0 Å². The van der Waals surface area contributed by atoms with E-state index in [0.29, 0.717) is 16.1 Å². The molecule has 6 heteroatoms. The second-order valence-electron chi connectivity index (χ2n) is 3.36. The Hall–Kier alpha value is -1.24. The van der Waals surface area contributed by atoms with Gasteiger partial charge in [-0.25, -0.2) is 4.79 Å². The number of carbonyl (C=O) groups is 1. The number of aliphatic hydroxyl groups excluding tert-OH is 2. The molecule has 94 valence electrons. The van der Waals surface area contributed by atoms with Crippen molar-refractivity contribution >= 4 is 23.4 Å². The van der Waals surface area contributed by atoms with Crippen LogP contribution in [0.1, 0.15) is 10.4 Å². The van der Waals surface area contributed by atoms with Gasteiger partial charge in [-0.1, -0.05) is 6.07 Å². The highest BCUT2D eigenvalue weighted by Gasteiger charge is 2.15. The van der Waals surface area contributed by atoms with Crippen LogP contribution in [0.25, 0.3) is 0 Å². The summed E-state index contributed by atoms with van der Waals surface area (Å²) < 4.78 is 4.65. The van der Waals surface area contributed by atoms with Crippen LogP contribution < -0.4 is 5.73 Å². The van der Waals surface area contributed by atoms with Crippen LogP contribution in [0.3, 0.4) is 0 Å². The van der Waals surface area contributed by atoms with Gasteiger partial charge in [-0.05, 0) is 12.1 Å². The summed E-state index contributed by atoms with van der Waals surface area (Å²) >= 11 is 1.21. The summed E-state index contributed by atoms with van der Waals surface area (Å²) in [4.78, 5) is 12.1. The molecule has 4 N–H and O–H groups in total. The van der Waals surface area contributed by atoms with E-state index in [0.717, 1.165) is 0 Å². The minimum Gasteiger partial charge on any atom is -0.465 e. The molecule has 0 heterocycles. The molecule has 1 aromatic carbocycles. The summed E-state index contributed by atoms with van der Waals surface area (Å²) in [5.41, 5.74) is 6.58. The number of nitrogens with two attached hydrogens (primary N) is 1. The molecular formula is C11H15NO4S. The van der Waals surface area contributed by atoms with Crippen molar-refractivity contribution in [2.24, 2.45) is 0 Å². The number of methoxy groups -OCH3 is 1. The third-order valence-electron chi connectivity index (χ3n) is 2.08. The van der Waals surface area contributed by atoms with E-state index in [1.54, 1.807) is 18.2 Å². The van der Waals surface area contributed by atoms with E-state index >= 15 is 0 Å². The molecule has 17 heavy (non-hydrogen) atoms. The molecule has 0 aliphatic rings. The number of nitrogen functional groups attached to an aromatic ring is 1. The van der Waals surface area contributed by atoms with E-state index in [1.807, 2.05) is 0 Å². The third kappa shape index (κ3) is 3.62. The number of hydrogen-bond acceptors (Lipinski definition) is 6. The first-order chi connectivity index (χ1) is 8.10. The summed E-state index contributed by atoms with van der Waals surface area (Å²) in [6.45, 7) is -0.326. The maximum absolute atomic E-state index is 11.5. The van der Waals surface area contributed by atoms with E-state index in [9.17, 15) is 9.90 Å². The van der Waals surface area contributed by atoms with Gasteiger partial charge in [-0.15, -0.1) is 11.8 Å². The Bertz CT molecular complexity index is 397. The monoisotopic (exact) mass is 257 g/mol. The van der Waals surface area contributed by atoms with Crippen LogP contribution in [0, 0.1) is 0 Å². The number of benzene rings is 1.